The Labute approximate surface area is 468 Å². The molecule has 3 aromatic rings. The topological polar surface area (TPSA) is 306 Å². The minimum absolute atomic E-state index is 0.0166. The Morgan fingerprint density at radius 3 is 2.04 bits per heavy atom. The summed E-state index contributed by atoms with van der Waals surface area (Å²) in [5.41, 5.74) is 8.12. The second-order valence-electron chi connectivity index (χ2n) is 21.6. The molecular weight excluding hydrogens is 1070 g/mol. The van der Waals surface area contributed by atoms with E-state index >= 15 is 0 Å². The minimum Gasteiger partial charge on any atom is -0.481 e. The first-order valence-electron chi connectivity index (χ1n) is 27.2. The monoisotopic (exact) mass is 1150 g/mol. The van der Waals surface area contributed by atoms with Crippen molar-refractivity contribution in [3.05, 3.63) is 119 Å². The Bertz CT molecular complexity index is 3130. The first-order valence-corrected chi connectivity index (χ1v) is 30.3. The van der Waals surface area contributed by atoms with Crippen LogP contribution in [0.2, 0.25) is 0 Å². The van der Waals surface area contributed by atoms with Crippen LogP contribution in [0.1, 0.15) is 142 Å². The number of para-hydroxylation sites is 2. The van der Waals surface area contributed by atoms with Crippen LogP contribution in [-0.4, -0.2) is 119 Å². The van der Waals surface area contributed by atoms with Gasteiger partial charge in [0.2, 0.25) is 11.6 Å². The molecule has 8 N–H and O–H groups in total. The fourth-order valence-electron chi connectivity index (χ4n) is 10.9. The fourth-order valence-corrected chi connectivity index (χ4v) is 12.0. The fraction of sp³-hybridized carbons (Fsp3) is 0.483. The van der Waals surface area contributed by atoms with Gasteiger partial charge in [-0.05, 0) is 144 Å². The highest BCUT2D eigenvalue weighted by Crippen LogP contribution is 2.48. The largest absolute Gasteiger partial charge is 0.481 e. The molecule has 3 aliphatic rings. The van der Waals surface area contributed by atoms with Gasteiger partial charge in [-0.2, -0.15) is 21.4 Å². The van der Waals surface area contributed by atoms with Crippen molar-refractivity contribution in [3.8, 4) is 5.75 Å². The summed E-state index contributed by atoms with van der Waals surface area (Å²) in [7, 11) is -8.54. The molecule has 0 spiro atoms. The summed E-state index contributed by atoms with van der Waals surface area (Å²) in [5.74, 6) is -3.37. The van der Waals surface area contributed by atoms with Crippen molar-refractivity contribution in [2.24, 2.45) is 0 Å². The molecule has 2 aliphatic heterocycles. The molecule has 1 unspecified atom stereocenters. The maximum atomic E-state index is 12.8. The Morgan fingerprint density at radius 2 is 1.38 bits per heavy atom. The summed E-state index contributed by atoms with van der Waals surface area (Å²) in [4.78, 5) is 61.2. The van der Waals surface area contributed by atoms with Crippen molar-refractivity contribution in [2.45, 2.75) is 158 Å². The van der Waals surface area contributed by atoms with Crippen LogP contribution in [0, 0.1) is 0 Å². The molecule has 6 rings (SSSR count). The number of aliphatic carboxylic acids is 3. The maximum absolute atomic E-state index is 12.8. The molecule has 20 nitrogen and oxygen atoms in total. The summed E-state index contributed by atoms with van der Waals surface area (Å²) in [6.45, 7) is 10.3. The molecule has 80 heavy (non-hydrogen) atoms. The molecule has 0 fully saturated rings. The van der Waals surface area contributed by atoms with E-state index in [0.29, 0.717) is 82.4 Å². The number of carbonyl (C=O) groups is 5. The van der Waals surface area contributed by atoms with Crippen molar-refractivity contribution < 1.29 is 74.5 Å². The van der Waals surface area contributed by atoms with Gasteiger partial charge in [0.05, 0.1) is 16.1 Å². The predicted octanol–water partition coefficient (Wildman–Crippen LogP) is 8.80. The van der Waals surface area contributed by atoms with Gasteiger partial charge in [0.1, 0.15) is 30.1 Å². The quantitative estimate of drug-likeness (QED) is 0.0176. The number of rotatable bonds is 30. The van der Waals surface area contributed by atoms with Crippen LogP contribution in [0.25, 0.3) is 0 Å². The summed E-state index contributed by atoms with van der Waals surface area (Å²) < 4.78 is 75.4. The number of hydrogen-bond donors (Lipinski definition) is 8. The predicted molar refractivity (Wildman–Crippen MR) is 302 cm³/mol. The highest BCUT2D eigenvalue weighted by molar-refractivity contribution is 7.86. The van der Waals surface area contributed by atoms with E-state index < -0.39 is 68.1 Å². The number of urea groups is 1. The molecule has 0 aromatic heterocycles. The first kappa shape index (κ1) is 62.3. The molecule has 0 radical (unpaired) electrons. The average Bonchev–Trinajstić information content (AvgIpc) is 3.79. The number of amides is 3. The number of carboxylic acid groups (broad SMARTS) is 3. The highest BCUT2D eigenvalue weighted by atomic mass is 32.2. The lowest BCUT2D eigenvalue weighted by Crippen LogP contribution is -2.51. The highest BCUT2D eigenvalue weighted by Gasteiger charge is 2.45. The van der Waals surface area contributed by atoms with Gasteiger partial charge in [-0.25, -0.2) is 14.4 Å². The summed E-state index contributed by atoms with van der Waals surface area (Å²) in [6, 6.07) is 18.3. The molecule has 1 aliphatic carbocycles. The van der Waals surface area contributed by atoms with Crippen LogP contribution in [0.3, 0.4) is 0 Å². The van der Waals surface area contributed by atoms with Crippen molar-refractivity contribution in [3.63, 3.8) is 0 Å². The van der Waals surface area contributed by atoms with Gasteiger partial charge in [0.15, 0.2) is 5.71 Å². The first-order chi connectivity index (χ1) is 37.8. The summed E-state index contributed by atoms with van der Waals surface area (Å²) in [5, 5.41) is 35.0. The molecule has 3 amide bonds. The molecule has 434 valence electrons. The van der Waals surface area contributed by atoms with Gasteiger partial charge in [-0.3, -0.25) is 18.7 Å². The molecule has 2 heterocycles. The van der Waals surface area contributed by atoms with Crippen molar-refractivity contribution in [2.75, 3.05) is 30.3 Å². The molecule has 0 saturated heterocycles. The lowest BCUT2D eigenvalue weighted by molar-refractivity contribution is -0.440. The third-order valence-corrected chi connectivity index (χ3v) is 16.8. The zero-order valence-corrected chi connectivity index (χ0v) is 47.5. The van der Waals surface area contributed by atoms with E-state index in [1.54, 1.807) is 0 Å². The minimum atomic E-state index is -4.44. The van der Waals surface area contributed by atoms with Gasteiger partial charge >= 0.3 is 23.9 Å². The van der Waals surface area contributed by atoms with Gasteiger partial charge in [-0.1, -0.05) is 56.3 Å². The SMILES string of the molecule is CC1(C)C(CCC2=C(Oc3ccc(S(=O)(=O)O)cc3)/C(=C/C=C3/N(CCCCS(=O)(=O)O)c4ccccc4C3(C)C)CCC2)=[N+](CCCCCC(=O)NCCCCC(NC(=O)N[C@@H](CCC(=O)O)C(=O)O)C(=O)O)c2ccccc21. The molecule has 3 aromatic carbocycles. The molecule has 22 heteroatoms. The van der Waals surface area contributed by atoms with E-state index in [2.05, 4.69) is 89.5 Å². The lowest BCUT2D eigenvalue weighted by atomic mass is 9.79. The number of unbranched alkanes of at least 4 members (excludes halogenated alkanes) is 4. The van der Waals surface area contributed by atoms with Crippen molar-refractivity contribution in [1.82, 2.24) is 16.0 Å². The number of allylic oxidation sites excluding steroid dienone is 5. The molecule has 0 bridgehead atoms. The lowest BCUT2D eigenvalue weighted by Gasteiger charge is -2.28. The number of anilines is 1. The number of carboxylic acids is 3. The average molecular weight is 1150 g/mol. The van der Waals surface area contributed by atoms with Gasteiger partial charge in [0, 0.05) is 67.2 Å². The number of nitrogens with one attached hydrogen (secondary N) is 3. The van der Waals surface area contributed by atoms with Crippen LogP contribution in [-0.2, 0) is 50.2 Å². The van der Waals surface area contributed by atoms with Gasteiger partial charge in [0.25, 0.3) is 20.2 Å². The third kappa shape index (κ3) is 16.8. The van der Waals surface area contributed by atoms with E-state index in [1.807, 2.05) is 24.3 Å². The maximum Gasteiger partial charge on any atom is 0.326 e. The molecule has 0 saturated carbocycles. The zero-order valence-electron chi connectivity index (χ0n) is 45.9. The zero-order chi connectivity index (χ0) is 58.4. The number of benzene rings is 3. The normalized spacial score (nSPS) is 17.4. The second-order valence-corrected chi connectivity index (χ2v) is 24.6. The van der Waals surface area contributed by atoms with Crippen LogP contribution < -0.4 is 25.6 Å². The number of nitrogens with zero attached hydrogens (tertiary/aromatic N) is 2. The van der Waals surface area contributed by atoms with Gasteiger partial charge < -0.3 is 40.9 Å². The summed E-state index contributed by atoms with van der Waals surface area (Å²) in [6.07, 6.45) is 11.2. The van der Waals surface area contributed by atoms with E-state index in [-0.39, 0.29) is 34.8 Å². The smallest absolute Gasteiger partial charge is 0.326 e. The van der Waals surface area contributed by atoms with E-state index in [9.17, 15) is 60.1 Å². The van der Waals surface area contributed by atoms with Crippen LogP contribution in [0.15, 0.2) is 112 Å². The Balaban J connectivity index is 1.13. The van der Waals surface area contributed by atoms with Crippen molar-refractivity contribution >= 4 is 67.2 Å². The number of hydrogen-bond acceptors (Lipinski definition) is 11. The third-order valence-electron chi connectivity index (χ3n) is 15.1. The van der Waals surface area contributed by atoms with E-state index in [4.69, 9.17) is 9.84 Å². The second kappa shape index (κ2) is 27.5. The molecule has 2 atom stereocenters. The summed E-state index contributed by atoms with van der Waals surface area (Å²) >= 11 is 0. The van der Waals surface area contributed by atoms with E-state index in [1.165, 1.54) is 35.5 Å². The number of ether oxygens (including phenoxy) is 1. The van der Waals surface area contributed by atoms with Crippen LogP contribution in [0.5, 0.6) is 5.75 Å². The Kier molecular flexibility index (Phi) is 21.4. The number of carbonyl (C=O) groups excluding carboxylic acids is 2. The van der Waals surface area contributed by atoms with E-state index in [0.717, 1.165) is 66.0 Å². The standard InChI is InChI=1S/C58H75N5O15S2/c1-57(2)43-19-7-9-22-47(43)62(36-13-5-6-24-51(64)59-35-12-11-21-45(54(67)68)60-56(71)61-46(55(69)70)31-34-52(65)66)49(57)32-25-39-17-16-18-40(53(39)78-41-27-29-42(30-28-41)80(75,76)77)26-33-50-58(3,4)44-20-8-10-23-48(44)63(50)37-14-15-38-79(72,73)74/h7-10,19-20,22-23,26-30,33,45-46H,5-6,11-18,21,24-25,31-32,34-38H2,1-4H3,(H7-,59,60,61,64,65,66,67,68,69,70,71,72,73,74,75,76,77)/p+1/b40-26+,50-33+/t45?,46-/m0/s1. The van der Waals surface area contributed by atoms with Crippen LogP contribution in [0.4, 0.5) is 16.2 Å². The Hall–Kier alpha value is -6.88. The van der Waals surface area contributed by atoms with Crippen molar-refractivity contribution in [1.29, 1.82) is 0 Å². The van der Waals surface area contributed by atoms with Gasteiger partial charge in [-0.15, -0.1) is 0 Å². The molecular formula is C58H76N5O15S2+. The Morgan fingerprint density at radius 1 is 0.713 bits per heavy atom. The van der Waals surface area contributed by atoms with Crippen LogP contribution >= 0.6 is 0 Å². The number of fused-ring (bicyclic) bond motifs is 2.